The van der Waals surface area contributed by atoms with Crippen LogP contribution in [0.15, 0.2) is 42.5 Å². The van der Waals surface area contributed by atoms with Crippen LogP contribution in [0, 0.1) is 17.0 Å². The van der Waals surface area contributed by atoms with Gasteiger partial charge in [-0.1, -0.05) is 12.1 Å². The molecule has 0 N–H and O–H groups in total. The predicted octanol–water partition coefficient (Wildman–Crippen LogP) is 2.70. The Hall–Kier alpha value is -3.02. The summed E-state index contributed by atoms with van der Waals surface area (Å²) in [6.45, 7) is 1.63. The van der Waals surface area contributed by atoms with Crippen LogP contribution < -0.4 is 4.90 Å². The van der Waals surface area contributed by atoms with Gasteiger partial charge in [0.25, 0.3) is 17.5 Å². The lowest BCUT2D eigenvalue weighted by atomic mass is 10.1. The lowest BCUT2D eigenvalue weighted by Crippen LogP contribution is -2.30. The van der Waals surface area contributed by atoms with Crippen LogP contribution in [0.25, 0.3) is 0 Å². The molecule has 1 aliphatic heterocycles. The summed E-state index contributed by atoms with van der Waals surface area (Å²) in [6, 6.07) is 10.6. The summed E-state index contributed by atoms with van der Waals surface area (Å²) in [5, 5.41) is 10.8. The number of amides is 2. The van der Waals surface area contributed by atoms with Crippen molar-refractivity contribution >= 4 is 23.2 Å². The second-order valence-corrected chi connectivity index (χ2v) is 4.72. The molecule has 0 radical (unpaired) electrons. The third-order valence-corrected chi connectivity index (χ3v) is 3.43. The fourth-order valence-corrected chi connectivity index (χ4v) is 2.41. The number of hydrogen-bond acceptors (Lipinski definition) is 4. The van der Waals surface area contributed by atoms with E-state index in [1.807, 2.05) is 0 Å². The SMILES string of the molecule is Cc1cc([N+](=O)[O-])ccc1N1C(=O)c2ccccc2C1=O. The van der Waals surface area contributed by atoms with E-state index in [1.165, 1.54) is 18.2 Å². The van der Waals surface area contributed by atoms with E-state index in [9.17, 15) is 19.7 Å². The number of nitro benzene ring substituents is 1. The summed E-state index contributed by atoms with van der Waals surface area (Å²) in [4.78, 5) is 36.0. The first kappa shape index (κ1) is 13.0. The Kier molecular flexibility index (Phi) is 2.79. The molecule has 104 valence electrons. The molecule has 1 aliphatic rings. The second kappa shape index (κ2) is 4.52. The normalized spacial score (nSPS) is 13.5. The van der Waals surface area contributed by atoms with E-state index in [0.29, 0.717) is 22.4 Å². The number of carbonyl (C=O) groups is 2. The van der Waals surface area contributed by atoms with Crippen LogP contribution in [0.1, 0.15) is 26.3 Å². The maximum atomic E-state index is 12.3. The molecule has 0 unspecified atom stereocenters. The number of imide groups is 1. The first-order valence-electron chi connectivity index (χ1n) is 6.23. The van der Waals surface area contributed by atoms with Crippen LogP contribution in [0.4, 0.5) is 11.4 Å². The lowest BCUT2D eigenvalue weighted by Gasteiger charge is -2.16. The average molecular weight is 282 g/mol. The van der Waals surface area contributed by atoms with Gasteiger partial charge in [0.1, 0.15) is 0 Å². The molecule has 0 spiro atoms. The average Bonchev–Trinajstić information content (AvgIpc) is 2.72. The van der Waals surface area contributed by atoms with Gasteiger partial charge in [-0.15, -0.1) is 0 Å². The first-order chi connectivity index (χ1) is 10.0. The van der Waals surface area contributed by atoms with Gasteiger partial charge in [-0.2, -0.15) is 0 Å². The van der Waals surface area contributed by atoms with Crippen molar-refractivity contribution in [3.63, 3.8) is 0 Å². The highest BCUT2D eigenvalue weighted by Crippen LogP contribution is 2.32. The zero-order valence-corrected chi connectivity index (χ0v) is 11.1. The second-order valence-electron chi connectivity index (χ2n) is 4.72. The van der Waals surface area contributed by atoms with Crippen molar-refractivity contribution in [2.24, 2.45) is 0 Å². The molecule has 21 heavy (non-hydrogen) atoms. The molecular weight excluding hydrogens is 272 g/mol. The first-order valence-corrected chi connectivity index (χ1v) is 6.23. The van der Waals surface area contributed by atoms with Crippen molar-refractivity contribution in [2.45, 2.75) is 6.92 Å². The summed E-state index contributed by atoms with van der Waals surface area (Å²) in [6.07, 6.45) is 0. The van der Waals surface area contributed by atoms with E-state index in [-0.39, 0.29) is 5.69 Å². The molecule has 2 aromatic rings. The number of hydrogen-bond donors (Lipinski definition) is 0. The smallest absolute Gasteiger partial charge is 0.268 e. The zero-order valence-electron chi connectivity index (χ0n) is 11.1. The number of anilines is 1. The van der Waals surface area contributed by atoms with Gasteiger partial charge in [0.2, 0.25) is 0 Å². The van der Waals surface area contributed by atoms with Crippen LogP contribution in [0.5, 0.6) is 0 Å². The van der Waals surface area contributed by atoms with Gasteiger partial charge in [0.15, 0.2) is 0 Å². The zero-order chi connectivity index (χ0) is 15.1. The van der Waals surface area contributed by atoms with Crippen molar-refractivity contribution in [3.8, 4) is 0 Å². The third-order valence-electron chi connectivity index (χ3n) is 3.43. The molecule has 2 amide bonds. The van der Waals surface area contributed by atoms with Gasteiger partial charge >= 0.3 is 0 Å². The molecule has 0 atom stereocenters. The Labute approximate surface area is 119 Å². The molecule has 0 aliphatic carbocycles. The van der Waals surface area contributed by atoms with E-state index in [0.717, 1.165) is 4.90 Å². The van der Waals surface area contributed by atoms with E-state index >= 15 is 0 Å². The van der Waals surface area contributed by atoms with Gasteiger partial charge in [0.05, 0.1) is 21.7 Å². The maximum absolute atomic E-state index is 12.3. The Bertz CT molecular complexity index is 763. The molecule has 0 fully saturated rings. The monoisotopic (exact) mass is 282 g/mol. The van der Waals surface area contributed by atoms with Crippen molar-refractivity contribution in [1.82, 2.24) is 0 Å². The number of fused-ring (bicyclic) bond motifs is 1. The molecule has 0 saturated heterocycles. The Morgan fingerprint density at radius 1 is 1.00 bits per heavy atom. The maximum Gasteiger partial charge on any atom is 0.269 e. The number of rotatable bonds is 2. The lowest BCUT2D eigenvalue weighted by molar-refractivity contribution is -0.384. The Morgan fingerprint density at radius 2 is 1.57 bits per heavy atom. The van der Waals surface area contributed by atoms with Crippen molar-refractivity contribution in [1.29, 1.82) is 0 Å². The highest BCUT2D eigenvalue weighted by Gasteiger charge is 2.37. The highest BCUT2D eigenvalue weighted by molar-refractivity contribution is 6.34. The number of nitrogens with zero attached hydrogens (tertiary/aromatic N) is 2. The minimum absolute atomic E-state index is 0.0761. The summed E-state index contributed by atoms with van der Waals surface area (Å²) in [5.41, 5.74) is 1.49. The molecular formula is C15H10N2O4. The Morgan fingerprint density at radius 3 is 2.05 bits per heavy atom. The number of aryl methyl sites for hydroxylation is 1. The molecule has 3 rings (SSSR count). The van der Waals surface area contributed by atoms with E-state index in [1.54, 1.807) is 31.2 Å². The molecule has 2 aromatic carbocycles. The largest absolute Gasteiger partial charge is 0.269 e. The predicted molar refractivity (Wildman–Crippen MR) is 75.4 cm³/mol. The standard InChI is InChI=1S/C15H10N2O4/c1-9-8-10(17(20)21)6-7-13(9)16-14(18)11-4-2-3-5-12(11)15(16)19/h2-8H,1H3. The third kappa shape index (κ3) is 1.88. The summed E-state index contributed by atoms with van der Waals surface area (Å²) in [5.74, 6) is -0.819. The van der Waals surface area contributed by atoms with Crippen LogP contribution in [0.2, 0.25) is 0 Å². The van der Waals surface area contributed by atoms with Gasteiger partial charge < -0.3 is 0 Å². The fourth-order valence-electron chi connectivity index (χ4n) is 2.41. The topological polar surface area (TPSA) is 80.5 Å². The summed E-state index contributed by atoms with van der Waals surface area (Å²) < 4.78 is 0. The van der Waals surface area contributed by atoms with Gasteiger partial charge in [0, 0.05) is 12.1 Å². The number of benzene rings is 2. The van der Waals surface area contributed by atoms with Gasteiger partial charge in [-0.3, -0.25) is 19.7 Å². The molecule has 0 bridgehead atoms. The molecule has 6 heteroatoms. The number of non-ortho nitro benzene ring substituents is 1. The van der Waals surface area contributed by atoms with Crippen LogP contribution in [-0.4, -0.2) is 16.7 Å². The molecule has 0 aromatic heterocycles. The van der Waals surface area contributed by atoms with Crippen LogP contribution in [0.3, 0.4) is 0 Å². The summed E-state index contributed by atoms with van der Waals surface area (Å²) >= 11 is 0. The molecule has 0 saturated carbocycles. The van der Waals surface area contributed by atoms with Crippen molar-refractivity contribution in [2.75, 3.05) is 4.90 Å². The van der Waals surface area contributed by atoms with E-state index < -0.39 is 16.7 Å². The number of carbonyl (C=O) groups excluding carboxylic acids is 2. The van der Waals surface area contributed by atoms with Crippen molar-refractivity contribution in [3.05, 3.63) is 69.3 Å². The van der Waals surface area contributed by atoms with Crippen LogP contribution in [-0.2, 0) is 0 Å². The highest BCUT2D eigenvalue weighted by atomic mass is 16.6. The Balaban J connectivity index is 2.09. The van der Waals surface area contributed by atoms with Gasteiger partial charge in [-0.05, 0) is 30.7 Å². The molecule has 6 nitrogen and oxygen atoms in total. The van der Waals surface area contributed by atoms with Crippen LogP contribution >= 0.6 is 0 Å². The van der Waals surface area contributed by atoms with Gasteiger partial charge in [-0.25, -0.2) is 4.90 Å². The number of nitro groups is 1. The van der Waals surface area contributed by atoms with E-state index in [2.05, 4.69) is 0 Å². The fraction of sp³-hybridized carbons (Fsp3) is 0.0667. The quantitative estimate of drug-likeness (QED) is 0.482. The van der Waals surface area contributed by atoms with Crippen molar-refractivity contribution < 1.29 is 14.5 Å². The minimum atomic E-state index is -0.515. The molecule has 1 heterocycles. The van der Waals surface area contributed by atoms with E-state index in [4.69, 9.17) is 0 Å². The summed E-state index contributed by atoms with van der Waals surface area (Å²) in [7, 11) is 0. The minimum Gasteiger partial charge on any atom is -0.268 e.